The second-order valence-electron chi connectivity index (χ2n) is 3.30. The predicted molar refractivity (Wildman–Crippen MR) is 50.1 cm³/mol. The van der Waals surface area contributed by atoms with Crippen molar-refractivity contribution in [1.29, 1.82) is 0 Å². The molecule has 1 heterocycles. The maximum absolute atomic E-state index is 12.8. The molecule has 1 saturated heterocycles. The van der Waals surface area contributed by atoms with Crippen LogP contribution in [-0.2, 0) is 4.74 Å². The number of alkyl carbamates (subject to hydrolysis) is 1. The Kier molecular flexibility index (Phi) is 2.89. The summed E-state index contributed by atoms with van der Waals surface area (Å²) in [6.45, 7) is 0.451. The van der Waals surface area contributed by atoms with E-state index in [9.17, 15) is 13.6 Å². The van der Waals surface area contributed by atoms with Crippen molar-refractivity contribution in [2.75, 3.05) is 13.2 Å². The van der Waals surface area contributed by atoms with Crippen LogP contribution in [0.2, 0.25) is 0 Å². The largest absolute Gasteiger partial charge is 0.490 e. The molecular formula is C10H9F2NO3. The average Bonchev–Trinajstić information content (AvgIpc) is 2.66. The van der Waals surface area contributed by atoms with Gasteiger partial charge in [-0.15, -0.1) is 0 Å². The quantitative estimate of drug-likeness (QED) is 0.853. The van der Waals surface area contributed by atoms with E-state index in [0.717, 1.165) is 12.1 Å². The molecule has 0 saturated carbocycles. The molecule has 1 aromatic carbocycles. The average molecular weight is 229 g/mol. The van der Waals surface area contributed by atoms with Crippen molar-refractivity contribution in [3.8, 4) is 5.75 Å². The van der Waals surface area contributed by atoms with Gasteiger partial charge in [0.25, 0.3) is 0 Å². The molecule has 1 fully saturated rings. The van der Waals surface area contributed by atoms with E-state index in [-0.39, 0.29) is 12.4 Å². The van der Waals surface area contributed by atoms with Gasteiger partial charge in [-0.3, -0.25) is 0 Å². The van der Waals surface area contributed by atoms with Gasteiger partial charge in [0.1, 0.15) is 12.4 Å². The number of hydrogen-bond donors (Lipinski definition) is 1. The van der Waals surface area contributed by atoms with Gasteiger partial charge >= 0.3 is 6.09 Å². The molecule has 0 spiro atoms. The lowest BCUT2D eigenvalue weighted by molar-refractivity contribution is 0.104. The highest BCUT2D eigenvalue weighted by Gasteiger charge is 2.22. The minimum atomic E-state index is -0.973. The van der Waals surface area contributed by atoms with Crippen molar-refractivity contribution in [3.63, 3.8) is 0 Å². The first-order chi connectivity index (χ1) is 7.65. The lowest BCUT2D eigenvalue weighted by Crippen LogP contribution is -2.21. The van der Waals surface area contributed by atoms with Crippen LogP contribution >= 0.6 is 0 Å². The third-order valence-corrected chi connectivity index (χ3v) is 2.07. The van der Waals surface area contributed by atoms with Crippen molar-refractivity contribution < 1.29 is 23.0 Å². The lowest BCUT2D eigenvalue weighted by Gasteiger charge is -2.10. The van der Waals surface area contributed by atoms with Crippen LogP contribution in [0.5, 0.6) is 5.75 Å². The first-order valence-corrected chi connectivity index (χ1v) is 4.67. The molecule has 6 heteroatoms. The molecule has 1 N–H and O–H groups in total. The molecule has 0 bridgehead atoms. The zero-order chi connectivity index (χ0) is 11.5. The van der Waals surface area contributed by atoms with Gasteiger partial charge in [0.05, 0.1) is 6.54 Å². The van der Waals surface area contributed by atoms with Gasteiger partial charge in [-0.2, -0.15) is 0 Å². The van der Waals surface area contributed by atoms with Crippen LogP contribution in [0.1, 0.15) is 0 Å². The van der Waals surface area contributed by atoms with Gasteiger partial charge in [-0.25, -0.2) is 13.6 Å². The van der Waals surface area contributed by atoms with Crippen LogP contribution in [-0.4, -0.2) is 25.3 Å². The smallest absolute Gasteiger partial charge is 0.407 e. The zero-order valence-electron chi connectivity index (χ0n) is 8.20. The van der Waals surface area contributed by atoms with Crippen LogP contribution in [0.4, 0.5) is 13.6 Å². The molecule has 86 valence electrons. The Balaban J connectivity index is 1.89. The van der Waals surface area contributed by atoms with E-state index in [4.69, 9.17) is 9.47 Å². The van der Waals surface area contributed by atoms with E-state index in [1.807, 2.05) is 0 Å². The molecular weight excluding hydrogens is 220 g/mol. The van der Waals surface area contributed by atoms with Crippen LogP contribution < -0.4 is 10.1 Å². The second-order valence-corrected chi connectivity index (χ2v) is 3.30. The topological polar surface area (TPSA) is 47.6 Å². The molecule has 2 rings (SSSR count). The fourth-order valence-electron chi connectivity index (χ4n) is 1.28. The van der Waals surface area contributed by atoms with E-state index in [1.165, 1.54) is 6.07 Å². The first-order valence-electron chi connectivity index (χ1n) is 4.67. The monoisotopic (exact) mass is 229 g/mol. The molecule has 0 aliphatic carbocycles. The normalized spacial score (nSPS) is 19.1. The summed E-state index contributed by atoms with van der Waals surface area (Å²) in [5.41, 5.74) is 0. The standard InChI is InChI=1S/C10H9F2NO3/c11-8-2-1-6(3-9(8)12)15-5-7-4-13-10(14)16-7/h1-3,7H,4-5H2,(H,13,14). The summed E-state index contributed by atoms with van der Waals surface area (Å²) in [5, 5.41) is 2.45. The fraction of sp³-hybridized carbons (Fsp3) is 0.300. The number of carbonyl (C=O) groups excluding carboxylic acids is 1. The molecule has 1 aromatic rings. The molecule has 16 heavy (non-hydrogen) atoms. The number of nitrogens with one attached hydrogen (secondary N) is 1. The zero-order valence-corrected chi connectivity index (χ0v) is 8.20. The Labute approximate surface area is 90.2 Å². The van der Waals surface area contributed by atoms with E-state index in [0.29, 0.717) is 6.54 Å². The molecule has 1 unspecified atom stereocenters. The highest BCUT2D eigenvalue weighted by atomic mass is 19.2. The minimum Gasteiger partial charge on any atom is -0.490 e. The van der Waals surface area contributed by atoms with Gasteiger partial charge < -0.3 is 14.8 Å². The van der Waals surface area contributed by atoms with E-state index in [1.54, 1.807) is 0 Å². The van der Waals surface area contributed by atoms with Crippen LogP contribution in [0.3, 0.4) is 0 Å². The van der Waals surface area contributed by atoms with Crippen molar-refractivity contribution in [2.45, 2.75) is 6.10 Å². The van der Waals surface area contributed by atoms with Crippen molar-refractivity contribution in [2.24, 2.45) is 0 Å². The first kappa shape index (κ1) is 10.7. The van der Waals surface area contributed by atoms with Crippen LogP contribution in [0, 0.1) is 11.6 Å². The molecule has 1 amide bonds. The number of ether oxygens (including phenoxy) is 2. The third kappa shape index (κ3) is 2.39. The van der Waals surface area contributed by atoms with Crippen molar-refractivity contribution in [3.05, 3.63) is 29.8 Å². The summed E-state index contributed by atoms with van der Waals surface area (Å²) in [6.07, 6.45) is -0.903. The van der Waals surface area contributed by atoms with Gasteiger partial charge in [0, 0.05) is 6.07 Å². The van der Waals surface area contributed by atoms with Gasteiger partial charge in [0.2, 0.25) is 0 Å². The molecule has 0 aromatic heterocycles. The fourth-order valence-corrected chi connectivity index (χ4v) is 1.28. The highest BCUT2D eigenvalue weighted by molar-refractivity contribution is 5.69. The summed E-state index contributed by atoms with van der Waals surface area (Å²) in [7, 11) is 0. The van der Waals surface area contributed by atoms with Crippen molar-refractivity contribution in [1.82, 2.24) is 5.32 Å². The van der Waals surface area contributed by atoms with E-state index in [2.05, 4.69) is 5.32 Å². The Hall–Kier alpha value is -1.85. The Morgan fingerprint density at radius 3 is 2.88 bits per heavy atom. The number of amides is 1. The molecule has 4 nitrogen and oxygen atoms in total. The van der Waals surface area contributed by atoms with Crippen LogP contribution in [0.25, 0.3) is 0 Å². The Morgan fingerprint density at radius 2 is 2.25 bits per heavy atom. The molecule has 1 aliphatic rings. The number of carbonyl (C=O) groups is 1. The summed E-state index contributed by atoms with van der Waals surface area (Å²) in [4.78, 5) is 10.7. The Morgan fingerprint density at radius 1 is 1.44 bits per heavy atom. The second kappa shape index (κ2) is 4.34. The number of benzene rings is 1. The summed E-state index contributed by atoms with van der Waals surface area (Å²) >= 11 is 0. The maximum atomic E-state index is 12.8. The number of cyclic esters (lactones) is 1. The lowest BCUT2D eigenvalue weighted by atomic mass is 10.3. The molecule has 1 aliphatic heterocycles. The van der Waals surface area contributed by atoms with E-state index < -0.39 is 23.8 Å². The van der Waals surface area contributed by atoms with E-state index >= 15 is 0 Å². The highest BCUT2D eigenvalue weighted by Crippen LogP contribution is 2.16. The summed E-state index contributed by atoms with van der Waals surface area (Å²) in [6, 6.07) is 3.23. The van der Waals surface area contributed by atoms with Gasteiger partial charge in [-0.1, -0.05) is 0 Å². The predicted octanol–water partition coefficient (Wildman–Crippen LogP) is 1.45. The van der Waals surface area contributed by atoms with Crippen molar-refractivity contribution >= 4 is 6.09 Å². The molecule has 1 atom stereocenters. The maximum Gasteiger partial charge on any atom is 0.407 e. The third-order valence-electron chi connectivity index (χ3n) is 2.07. The number of hydrogen-bond acceptors (Lipinski definition) is 3. The summed E-state index contributed by atoms with van der Waals surface area (Å²) < 4.78 is 35.3. The number of rotatable bonds is 3. The van der Waals surface area contributed by atoms with Crippen LogP contribution in [0.15, 0.2) is 18.2 Å². The summed E-state index contributed by atoms with van der Waals surface area (Å²) in [5.74, 6) is -1.71. The minimum absolute atomic E-state index is 0.101. The SMILES string of the molecule is O=C1NCC(COc2ccc(F)c(F)c2)O1. The number of halogens is 2. The van der Waals surface area contributed by atoms with Gasteiger partial charge in [0.15, 0.2) is 17.7 Å². The van der Waals surface area contributed by atoms with Gasteiger partial charge in [-0.05, 0) is 12.1 Å². The Bertz CT molecular complexity index is 411. The molecule has 0 radical (unpaired) electrons.